The zero-order valence-corrected chi connectivity index (χ0v) is 10.3. The zero-order chi connectivity index (χ0) is 11.4. The number of benzene rings is 1. The first kappa shape index (κ1) is 12.0. The lowest BCUT2D eigenvalue weighted by Crippen LogP contribution is -1.93. The highest BCUT2D eigenvalue weighted by Gasteiger charge is 2.06. The molecule has 0 atom stereocenters. The van der Waals surface area contributed by atoms with Gasteiger partial charge in [0.2, 0.25) is 0 Å². The van der Waals surface area contributed by atoms with Crippen LogP contribution in [0.4, 0.5) is 0 Å². The first-order valence-electron chi connectivity index (χ1n) is 4.74. The van der Waals surface area contributed by atoms with E-state index in [0.717, 1.165) is 21.2 Å². The molecule has 1 N–H and O–H groups in total. The zero-order valence-electron chi connectivity index (χ0n) is 8.75. The maximum absolute atomic E-state index is 10.6. The predicted octanol–water partition coefficient (Wildman–Crippen LogP) is 3.64. The third kappa shape index (κ3) is 3.20. The maximum atomic E-state index is 10.6. The lowest BCUT2D eigenvalue weighted by atomic mass is 10.0. The molecule has 0 aromatic heterocycles. The predicted molar refractivity (Wildman–Crippen MR) is 64.8 cm³/mol. The van der Waals surface area contributed by atoms with Crippen molar-refractivity contribution >= 4 is 27.5 Å². The quantitative estimate of drug-likeness (QED) is 0.850. The summed E-state index contributed by atoms with van der Waals surface area (Å²) < 4.78 is 0.942. The van der Waals surface area contributed by atoms with Crippen LogP contribution in [0, 0.1) is 6.92 Å². The van der Waals surface area contributed by atoms with Gasteiger partial charge in [0.05, 0.1) is 0 Å². The second-order valence-electron chi connectivity index (χ2n) is 3.34. The monoisotopic (exact) mass is 268 g/mol. The van der Waals surface area contributed by atoms with Gasteiger partial charge in [-0.15, -0.1) is 0 Å². The fourth-order valence-corrected chi connectivity index (χ4v) is 2.15. The molecule has 1 aromatic carbocycles. The normalized spacial score (nSPS) is 11.5. The third-order valence-corrected chi connectivity index (χ3v) is 2.81. The van der Waals surface area contributed by atoms with Gasteiger partial charge in [0.25, 0.3) is 0 Å². The highest BCUT2D eigenvalue weighted by Crippen LogP contribution is 2.27. The summed E-state index contributed by atoms with van der Waals surface area (Å²) in [6.07, 6.45) is 1.96. The van der Waals surface area contributed by atoms with Gasteiger partial charge in [0, 0.05) is 10.5 Å². The standard InChI is InChI=1S/C12H13BrO2/c1-3-9(7-12(14)15)10-5-4-8(2)6-11(10)13/h4-7H,3H2,1-2H3,(H,14,15)/b9-7+. The van der Waals surface area contributed by atoms with E-state index in [1.807, 2.05) is 32.0 Å². The number of carboxylic acid groups (broad SMARTS) is 1. The van der Waals surface area contributed by atoms with Gasteiger partial charge in [-0.1, -0.05) is 35.0 Å². The number of allylic oxidation sites excluding steroid dienone is 1. The van der Waals surface area contributed by atoms with E-state index in [-0.39, 0.29) is 0 Å². The molecular formula is C12H13BrO2. The molecule has 0 unspecified atom stereocenters. The molecule has 0 aliphatic heterocycles. The minimum atomic E-state index is -0.903. The van der Waals surface area contributed by atoms with Crippen LogP contribution in [0.3, 0.4) is 0 Å². The first-order valence-corrected chi connectivity index (χ1v) is 5.54. The number of rotatable bonds is 3. The Morgan fingerprint density at radius 3 is 2.67 bits per heavy atom. The van der Waals surface area contributed by atoms with Crippen molar-refractivity contribution in [1.29, 1.82) is 0 Å². The van der Waals surface area contributed by atoms with Crippen molar-refractivity contribution in [3.05, 3.63) is 39.9 Å². The van der Waals surface area contributed by atoms with E-state index in [2.05, 4.69) is 15.9 Å². The summed E-state index contributed by atoms with van der Waals surface area (Å²) in [6.45, 7) is 3.95. The molecule has 3 heteroatoms. The Hall–Kier alpha value is -1.09. The fraction of sp³-hybridized carbons (Fsp3) is 0.250. The molecule has 0 amide bonds. The lowest BCUT2D eigenvalue weighted by Gasteiger charge is -2.07. The van der Waals surface area contributed by atoms with Crippen LogP contribution in [-0.2, 0) is 4.79 Å². The molecular weight excluding hydrogens is 256 g/mol. The molecule has 0 aliphatic rings. The number of hydrogen-bond donors (Lipinski definition) is 1. The van der Waals surface area contributed by atoms with Crippen LogP contribution in [0.5, 0.6) is 0 Å². The lowest BCUT2D eigenvalue weighted by molar-refractivity contribution is -0.131. The van der Waals surface area contributed by atoms with E-state index in [0.29, 0.717) is 6.42 Å². The van der Waals surface area contributed by atoms with E-state index < -0.39 is 5.97 Å². The Morgan fingerprint density at radius 1 is 1.53 bits per heavy atom. The average Bonchev–Trinajstić information content (AvgIpc) is 2.14. The van der Waals surface area contributed by atoms with Crippen LogP contribution in [0.2, 0.25) is 0 Å². The van der Waals surface area contributed by atoms with Crippen molar-refractivity contribution in [3.63, 3.8) is 0 Å². The largest absolute Gasteiger partial charge is 0.478 e. The first-order chi connectivity index (χ1) is 7.04. The molecule has 80 valence electrons. The van der Waals surface area contributed by atoms with Crippen molar-refractivity contribution in [3.8, 4) is 0 Å². The Bertz CT molecular complexity index is 408. The Morgan fingerprint density at radius 2 is 2.20 bits per heavy atom. The average molecular weight is 269 g/mol. The number of carboxylic acids is 1. The highest BCUT2D eigenvalue weighted by molar-refractivity contribution is 9.10. The van der Waals surface area contributed by atoms with Crippen LogP contribution >= 0.6 is 15.9 Å². The van der Waals surface area contributed by atoms with Gasteiger partial charge in [-0.2, -0.15) is 0 Å². The molecule has 0 saturated carbocycles. The second kappa shape index (κ2) is 5.12. The van der Waals surface area contributed by atoms with E-state index >= 15 is 0 Å². The third-order valence-electron chi connectivity index (χ3n) is 2.15. The van der Waals surface area contributed by atoms with Crippen LogP contribution in [0.1, 0.15) is 24.5 Å². The number of halogens is 1. The summed E-state index contributed by atoms with van der Waals surface area (Å²) >= 11 is 3.44. The van der Waals surface area contributed by atoms with Gasteiger partial charge in [0.1, 0.15) is 0 Å². The van der Waals surface area contributed by atoms with Crippen LogP contribution < -0.4 is 0 Å². The van der Waals surface area contributed by atoms with Crippen molar-refractivity contribution in [1.82, 2.24) is 0 Å². The summed E-state index contributed by atoms with van der Waals surface area (Å²) in [5.74, 6) is -0.903. The molecule has 1 rings (SSSR count). The molecule has 1 aromatic rings. The second-order valence-corrected chi connectivity index (χ2v) is 4.20. The van der Waals surface area contributed by atoms with Gasteiger partial charge in [0.15, 0.2) is 0 Å². The van der Waals surface area contributed by atoms with Gasteiger partial charge >= 0.3 is 5.97 Å². The van der Waals surface area contributed by atoms with Gasteiger partial charge in [-0.3, -0.25) is 0 Å². The van der Waals surface area contributed by atoms with E-state index in [1.54, 1.807) is 0 Å². The van der Waals surface area contributed by atoms with Crippen molar-refractivity contribution < 1.29 is 9.90 Å². The molecule has 15 heavy (non-hydrogen) atoms. The van der Waals surface area contributed by atoms with Crippen molar-refractivity contribution in [2.75, 3.05) is 0 Å². The van der Waals surface area contributed by atoms with Gasteiger partial charge in [-0.25, -0.2) is 4.79 Å². The van der Waals surface area contributed by atoms with Crippen molar-refractivity contribution in [2.24, 2.45) is 0 Å². The van der Waals surface area contributed by atoms with Crippen LogP contribution in [0.25, 0.3) is 5.57 Å². The number of carbonyl (C=O) groups is 1. The van der Waals surface area contributed by atoms with E-state index in [4.69, 9.17) is 5.11 Å². The van der Waals surface area contributed by atoms with Crippen LogP contribution in [-0.4, -0.2) is 11.1 Å². The topological polar surface area (TPSA) is 37.3 Å². The number of aryl methyl sites for hydroxylation is 1. The van der Waals surface area contributed by atoms with E-state index in [1.165, 1.54) is 6.08 Å². The fourth-order valence-electron chi connectivity index (χ4n) is 1.40. The minimum Gasteiger partial charge on any atom is -0.478 e. The highest BCUT2D eigenvalue weighted by atomic mass is 79.9. The van der Waals surface area contributed by atoms with Gasteiger partial charge < -0.3 is 5.11 Å². The maximum Gasteiger partial charge on any atom is 0.328 e. The summed E-state index contributed by atoms with van der Waals surface area (Å²) in [5.41, 5.74) is 2.93. The smallest absolute Gasteiger partial charge is 0.328 e. The summed E-state index contributed by atoms with van der Waals surface area (Å²) in [5, 5.41) is 8.73. The Balaban J connectivity index is 3.19. The van der Waals surface area contributed by atoms with E-state index in [9.17, 15) is 4.79 Å². The Labute approximate surface area is 97.8 Å². The SMILES string of the molecule is CC/C(=C\C(=O)O)c1ccc(C)cc1Br. The summed E-state index contributed by atoms with van der Waals surface area (Å²) in [6, 6.07) is 5.91. The molecule has 0 aliphatic carbocycles. The van der Waals surface area contributed by atoms with Crippen molar-refractivity contribution in [2.45, 2.75) is 20.3 Å². The summed E-state index contributed by atoms with van der Waals surface area (Å²) in [4.78, 5) is 10.6. The molecule has 0 radical (unpaired) electrons. The molecule has 0 spiro atoms. The summed E-state index contributed by atoms with van der Waals surface area (Å²) in [7, 11) is 0. The number of hydrogen-bond acceptors (Lipinski definition) is 1. The van der Waals surface area contributed by atoms with Gasteiger partial charge in [-0.05, 0) is 36.1 Å². The molecule has 0 bridgehead atoms. The Kier molecular flexibility index (Phi) is 4.09. The van der Waals surface area contributed by atoms with Crippen LogP contribution in [0.15, 0.2) is 28.7 Å². The molecule has 0 heterocycles. The molecule has 2 nitrogen and oxygen atoms in total. The number of aliphatic carboxylic acids is 1. The molecule has 0 saturated heterocycles. The molecule has 0 fully saturated rings. The minimum absolute atomic E-state index is 0.702.